The molecule has 0 aliphatic carbocycles. The number of hydrogen-bond donors (Lipinski definition) is 1. The molecule has 7 heteroatoms. The van der Waals surface area contributed by atoms with Gasteiger partial charge in [-0.25, -0.2) is 5.43 Å². The summed E-state index contributed by atoms with van der Waals surface area (Å²) in [6.45, 7) is 3.89. The van der Waals surface area contributed by atoms with Crippen molar-refractivity contribution in [3.05, 3.63) is 69.8 Å². The lowest BCUT2D eigenvalue weighted by molar-refractivity contribution is -0.384. The van der Waals surface area contributed by atoms with Crippen molar-refractivity contribution in [3.63, 3.8) is 0 Å². The van der Waals surface area contributed by atoms with Crippen LogP contribution in [0.4, 0.5) is 5.69 Å². The Morgan fingerprint density at radius 3 is 2.58 bits per heavy atom. The van der Waals surface area contributed by atoms with Gasteiger partial charge < -0.3 is 4.74 Å². The van der Waals surface area contributed by atoms with Crippen molar-refractivity contribution in [2.24, 2.45) is 5.10 Å². The average molecular weight is 327 g/mol. The van der Waals surface area contributed by atoms with E-state index in [4.69, 9.17) is 4.74 Å². The number of rotatable bonds is 6. The highest BCUT2D eigenvalue weighted by Crippen LogP contribution is 2.14. The summed E-state index contributed by atoms with van der Waals surface area (Å²) in [6.07, 6.45) is 1.58. The van der Waals surface area contributed by atoms with Crippen LogP contribution in [0.15, 0.2) is 53.6 Å². The van der Waals surface area contributed by atoms with Gasteiger partial charge in [0.1, 0.15) is 5.75 Å². The van der Waals surface area contributed by atoms with E-state index in [1.54, 1.807) is 12.1 Å². The van der Waals surface area contributed by atoms with Crippen LogP contribution in [-0.4, -0.2) is 23.1 Å². The predicted octanol–water partition coefficient (Wildman–Crippen LogP) is 3.15. The Balaban J connectivity index is 1.97. The molecular weight excluding hydrogens is 310 g/mol. The molecule has 124 valence electrons. The van der Waals surface area contributed by atoms with Crippen LogP contribution in [-0.2, 0) is 0 Å². The second-order valence-corrected chi connectivity index (χ2v) is 5.24. The minimum atomic E-state index is -0.555. The Morgan fingerprint density at radius 2 is 1.96 bits per heavy atom. The van der Waals surface area contributed by atoms with Crippen LogP contribution >= 0.6 is 0 Å². The Kier molecular flexibility index (Phi) is 5.62. The molecule has 0 spiro atoms. The first-order valence-electron chi connectivity index (χ1n) is 7.30. The Morgan fingerprint density at radius 1 is 1.25 bits per heavy atom. The number of carbonyl (C=O) groups is 1. The first-order chi connectivity index (χ1) is 11.5. The van der Waals surface area contributed by atoms with Crippen molar-refractivity contribution in [2.75, 3.05) is 0 Å². The zero-order valence-electron chi connectivity index (χ0n) is 13.3. The topological polar surface area (TPSA) is 93.8 Å². The zero-order chi connectivity index (χ0) is 17.5. The Labute approximate surface area is 139 Å². The minimum absolute atomic E-state index is 0.0961. The van der Waals surface area contributed by atoms with Crippen LogP contribution in [0.25, 0.3) is 0 Å². The average Bonchev–Trinajstić information content (AvgIpc) is 2.56. The molecule has 0 aliphatic heterocycles. The van der Waals surface area contributed by atoms with E-state index in [9.17, 15) is 14.9 Å². The van der Waals surface area contributed by atoms with Crippen LogP contribution in [0.2, 0.25) is 0 Å². The van der Waals surface area contributed by atoms with Gasteiger partial charge in [0, 0.05) is 17.7 Å². The number of nitrogens with one attached hydrogen (secondary N) is 1. The molecule has 0 saturated carbocycles. The second kappa shape index (κ2) is 7.87. The molecular formula is C17H17N3O4. The standard InChI is InChI=1S/C17H17N3O4/c1-12(2)24-16-8-6-13(7-9-16)11-18-19-17(21)14-4-3-5-15(10-14)20(22)23/h3-12H,1-2H3,(H,19,21)/b18-11-. The monoisotopic (exact) mass is 327 g/mol. The number of carbonyl (C=O) groups excluding carboxylic acids is 1. The van der Waals surface area contributed by atoms with Gasteiger partial charge in [0.25, 0.3) is 11.6 Å². The third-order valence-corrected chi connectivity index (χ3v) is 2.95. The molecule has 1 amide bonds. The van der Waals surface area contributed by atoms with E-state index in [0.29, 0.717) is 0 Å². The minimum Gasteiger partial charge on any atom is -0.491 e. The van der Waals surface area contributed by atoms with Crippen molar-refractivity contribution in [1.82, 2.24) is 5.43 Å². The summed E-state index contributed by atoms with van der Waals surface area (Å²) < 4.78 is 5.53. The van der Waals surface area contributed by atoms with Crippen LogP contribution in [0.3, 0.4) is 0 Å². The number of amides is 1. The first-order valence-corrected chi connectivity index (χ1v) is 7.30. The van der Waals surface area contributed by atoms with E-state index in [-0.39, 0.29) is 17.4 Å². The van der Waals surface area contributed by atoms with Gasteiger partial charge >= 0.3 is 0 Å². The molecule has 24 heavy (non-hydrogen) atoms. The van der Waals surface area contributed by atoms with Gasteiger partial charge in [0.05, 0.1) is 17.2 Å². The summed E-state index contributed by atoms with van der Waals surface area (Å²) in [4.78, 5) is 22.1. The van der Waals surface area contributed by atoms with Gasteiger partial charge in [-0.3, -0.25) is 14.9 Å². The quantitative estimate of drug-likeness (QED) is 0.501. The maximum atomic E-state index is 11.9. The Bertz CT molecular complexity index is 755. The molecule has 2 aromatic carbocycles. The molecule has 0 radical (unpaired) electrons. The van der Waals surface area contributed by atoms with Gasteiger partial charge in [0.2, 0.25) is 0 Å². The number of hydrazone groups is 1. The fourth-order valence-electron chi connectivity index (χ4n) is 1.90. The summed E-state index contributed by atoms with van der Waals surface area (Å²) in [5, 5.41) is 14.6. The summed E-state index contributed by atoms with van der Waals surface area (Å²) >= 11 is 0. The SMILES string of the molecule is CC(C)Oc1ccc(/C=N\NC(=O)c2cccc([N+](=O)[O-])c2)cc1. The maximum Gasteiger partial charge on any atom is 0.271 e. The predicted molar refractivity (Wildman–Crippen MR) is 90.4 cm³/mol. The lowest BCUT2D eigenvalue weighted by atomic mass is 10.2. The fraction of sp³-hybridized carbons (Fsp3) is 0.176. The van der Waals surface area contributed by atoms with Crippen LogP contribution in [0.1, 0.15) is 29.8 Å². The van der Waals surface area contributed by atoms with Crippen LogP contribution < -0.4 is 10.2 Å². The van der Waals surface area contributed by atoms with E-state index in [2.05, 4.69) is 10.5 Å². The van der Waals surface area contributed by atoms with Gasteiger partial charge in [-0.1, -0.05) is 6.07 Å². The van der Waals surface area contributed by atoms with E-state index in [1.165, 1.54) is 30.5 Å². The second-order valence-electron chi connectivity index (χ2n) is 5.24. The molecule has 2 aromatic rings. The molecule has 0 unspecified atom stereocenters. The first kappa shape index (κ1) is 17.1. The maximum absolute atomic E-state index is 11.9. The molecule has 0 saturated heterocycles. The number of non-ortho nitro benzene ring substituents is 1. The third kappa shape index (κ3) is 4.91. The highest BCUT2D eigenvalue weighted by Gasteiger charge is 2.10. The number of ether oxygens (including phenoxy) is 1. The highest BCUT2D eigenvalue weighted by atomic mass is 16.6. The number of nitrogens with zero attached hydrogens (tertiary/aromatic N) is 2. The van der Waals surface area contributed by atoms with E-state index >= 15 is 0 Å². The van der Waals surface area contributed by atoms with Crippen LogP contribution in [0, 0.1) is 10.1 Å². The number of nitro groups is 1. The van der Waals surface area contributed by atoms with E-state index in [1.807, 2.05) is 26.0 Å². The fourth-order valence-corrected chi connectivity index (χ4v) is 1.90. The largest absolute Gasteiger partial charge is 0.491 e. The third-order valence-electron chi connectivity index (χ3n) is 2.95. The lowest BCUT2D eigenvalue weighted by Gasteiger charge is -2.09. The van der Waals surface area contributed by atoms with Gasteiger partial charge in [-0.15, -0.1) is 0 Å². The van der Waals surface area contributed by atoms with Crippen molar-refractivity contribution in [2.45, 2.75) is 20.0 Å². The number of benzene rings is 2. The lowest BCUT2D eigenvalue weighted by Crippen LogP contribution is -2.17. The molecule has 0 aromatic heterocycles. The van der Waals surface area contributed by atoms with Crippen LogP contribution in [0.5, 0.6) is 5.75 Å². The normalized spacial score (nSPS) is 10.8. The summed E-state index contributed by atoms with van der Waals surface area (Å²) in [7, 11) is 0. The van der Waals surface area contributed by atoms with Gasteiger partial charge in [-0.05, 0) is 49.7 Å². The van der Waals surface area contributed by atoms with Crippen molar-refractivity contribution < 1.29 is 14.5 Å². The summed E-state index contributed by atoms with van der Waals surface area (Å²) in [5.74, 6) is 0.234. The molecule has 7 nitrogen and oxygen atoms in total. The summed E-state index contributed by atoms with van der Waals surface area (Å²) in [6, 6.07) is 12.7. The molecule has 0 heterocycles. The van der Waals surface area contributed by atoms with E-state index < -0.39 is 10.8 Å². The number of hydrogen-bond acceptors (Lipinski definition) is 5. The van der Waals surface area contributed by atoms with Crippen molar-refractivity contribution >= 4 is 17.8 Å². The molecule has 0 bridgehead atoms. The molecule has 0 fully saturated rings. The molecule has 0 atom stereocenters. The molecule has 0 aliphatic rings. The van der Waals surface area contributed by atoms with Gasteiger partial charge in [-0.2, -0.15) is 5.10 Å². The highest BCUT2D eigenvalue weighted by molar-refractivity contribution is 5.95. The zero-order valence-corrected chi connectivity index (χ0v) is 13.3. The summed E-state index contributed by atoms with van der Waals surface area (Å²) in [5.41, 5.74) is 3.14. The molecule has 2 rings (SSSR count). The van der Waals surface area contributed by atoms with E-state index in [0.717, 1.165) is 11.3 Å². The van der Waals surface area contributed by atoms with Crippen molar-refractivity contribution in [1.29, 1.82) is 0 Å². The molecule has 1 N–H and O–H groups in total. The smallest absolute Gasteiger partial charge is 0.271 e. The van der Waals surface area contributed by atoms with Crippen molar-refractivity contribution in [3.8, 4) is 5.75 Å². The van der Waals surface area contributed by atoms with Gasteiger partial charge in [0.15, 0.2) is 0 Å². The Hall–Kier alpha value is -3.22. The number of nitro benzene ring substituents is 1.